The number of nitrogens with one attached hydrogen (secondary N) is 1. The smallest absolute Gasteiger partial charge is 0.546 e. The number of carboxylic acids is 1. The molecule has 3 aromatic rings. The number of para-hydroxylation sites is 2. The Bertz CT molecular complexity index is 1060. The number of rotatable bonds is 4. The summed E-state index contributed by atoms with van der Waals surface area (Å²) in [6.45, 7) is -0.668. The number of aliphatic imine (C=N–C) groups is 1. The van der Waals surface area contributed by atoms with E-state index in [1.54, 1.807) is 6.07 Å². The van der Waals surface area contributed by atoms with Gasteiger partial charge in [-0.15, -0.1) is 0 Å². The van der Waals surface area contributed by atoms with E-state index in [0.29, 0.717) is 28.2 Å². The van der Waals surface area contributed by atoms with E-state index in [9.17, 15) is 15.0 Å². The summed E-state index contributed by atoms with van der Waals surface area (Å²) in [4.78, 5) is 22.9. The Morgan fingerprint density at radius 3 is 2.73 bits per heavy atom. The Morgan fingerprint density at radius 1 is 1.19 bits per heavy atom. The molecule has 0 saturated carbocycles. The number of aromatic nitrogens is 1. The average Bonchev–Trinajstić information content (AvgIpc) is 3.11. The Kier molecular flexibility index (Phi) is 5.13. The minimum atomic E-state index is -1.37. The van der Waals surface area contributed by atoms with E-state index in [2.05, 4.69) is 15.1 Å². The molecular formula is C18H12N3NaO4. The van der Waals surface area contributed by atoms with Crippen LogP contribution in [0.2, 0.25) is 0 Å². The van der Waals surface area contributed by atoms with Gasteiger partial charge in [-0.3, -0.25) is 0 Å². The molecule has 2 heterocycles. The van der Waals surface area contributed by atoms with E-state index >= 15 is 0 Å². The van der Waals surface area contributed by atoms with E-state index in [1.165, 1.54) is 0 Å². The Morgan fingerprint density at radius 2 is 1.92 bits per heavy atom. The molecule has 1 aliphatic rings. The summed E-state index contributed by atoms with van der Waals surface area (Å²) < 4.78 is 0. The van der Waals surface area contributed by atoms with Crippen LogP contribution in [0.25, 0.3) is 10.9 Å². The molecule has 124 valence electrons. The van der Waals surface area contributed by atoms with Crippen LogP contribution < -0.4 is 34.7 Å². The van der Waals surface area contributed by atoms with Gasteiger partial charge in [-0.05, 0) is 12.1 Å². The Labute approximate surface area is 170 Å². The van der Waals surface area contributed by atoms with Crippen LogP contribution in [0.4, 0.5) is 5.69 Å². The van der Waals surface area contributed by atoms with E-state index in [4.69, 9.17) is 4.84 Å². The van der Waals surface area contributed by atoms with Crippen LogP contribution in [-0.4, -0.2) is 34.1 Å². The van der Waals surface area contributed by atoms with Gasteiger partial charge >= 0.3 is 29.6 Å². The minimum Gasteiger partial charge on any atom is -0.546 e. The number of hydrogen-bond acceptors (Lipinski definition) is 6. The van der Waals surface area contributed by atoms with Crippen molar-refractivity contribution in [1.82, 2.24) is 4.98 Å². The summed E-state index contributed by atoms with van der Waals surface area (Å²) >= 11 is 0. The molecule has 0 unspecified atom stereocenters. The zero-order valence-corrected chi connectivity index (χ0v) is 15.9. The van der Waals surface area contributed by atoms with Crippen molar-refractivity contribution in [3.05, 3.63) is 59.7 Å². The second-order valence-electron chi connectivity index (χ2n) is 5.46. The summed E-state index contributed by atoms with van der Waals surface area (Å²) in [6.07, 6.45) is 0. The molecule has 0 saturated heterocycles. The first-order valence-electron chi connectivity index (χ1n) is 7.53. The standard InChI is InChI=1S/C18H13N3O4.Na/c22-14(23)9-25-21-16-11-6-2-4-8-13(11)19-17(16)15-10-5-1-3-7-12(10)20-18(15)24;/h1-8,20,24H,9H2,(H,22,23);/q;+1/p-1/b21-16+;. The zero-order valence-electron chi connectivity index (χ0n) is 13.9. The number of benzene rings is 2. The molecule has 0 spiro atoms. The number of carboxylic acid groups (broad SMARTS) is 1. The third-order valence-electron chi connectivity index (χ3n) is 3.88. The summed E-state index contributed by atoms with van der Waals surface area (Å²) in [5, 5.41) is 25.7. The maximum Gasteiger partial charge on any atom is 1.00 e. The van der Waals surface area contributed by atoms with Gasteiger partial charge in [0, 0.05) is 16.5 Å². The zero-order chi connectivity index (χ0) is 17.4. The van der Waals surface area contributed by atoms with Gasteiger partial charge in [0.2, 0.25) is 0 Å². The molecule has 8 heteroatoms. The van der Waals surface area contributed by atoms with Crippen molar-refractivity contribution in [3.63, 3.8) is 0 Å². The molecule has 7 nitrogen and oxygen atoms in total. The minimum absolute atomic E-state index is 0. The predicted octanol–water partition coefficient (Wildman–Crippen LogP) is -1.52. The van der Waals surface area contributed by atoms with Crippen LogP contribution in [0.15, 0.2) is 58.7 Å². The fourth-order valence-electron chi connectivity index (χ4n) is 2.86. The molecule has 2 N–H and O–H groups in total. The van der Waals surface area contributed by atoms with Crippen molar-refractivity contribution in [2.45, 2.75) is 0 Å². The van der Waals surface area contributed by atoms with Crippen LogP contribution in [0.5, 0.6) is 5.88 Å². The van der Waals surface area contributed by atoms with Gasteiger partial charge in [0.1, 0.15) is 11.4 Å². The predicted molar refractivity (Wildman–Crippen MR) is 90.1 cm³/mol. The number of nitrogens with zero attached hydrogens (tertiary/aromatic N) is 2. The van der Waals surface area contributed by atoms with Gasteiger partial charge in [-0.25, -0.2) is 4.99 Å². The molecule has 0 fully saturated rings. The SMILES string of the molecule is O=C([O-])CO/N=C1/C(c2c(O)[nH]c3ccccc23)=Nc2ccccc21.[Na+]. The van der Waals surface area contributed by atoms with E-state index in [0.717, 1.165) is 10.9 Å². The number of aliphatic carboxylic acids is 1. The molecule has 0 amide bonds. The number of oxime groups is 1. The van der Waals surface area contributed by atoms with Gasteiger partial charge < -0.3 is 24.8 Å². The van der Waals surface area contributed by atoms with Gasteiger partial charge in [-0.2, -0.15) is 0 Å². The Hall–Kier alpha value is -2.61. The normalized spacial score (nSPS) is 14.0. The van der Waals surface area contributed by atoms with Gasteiger partial charge in [0.15, 0.2) is 12.5 Å². The molecule has 4 rings (SSSR count). The number of carbonyl (C=O) groups excluding carboxylic acids is 1. The number of carbonyl (C=O) groups is 1. The molecule has 0 aliphatic carbocycles. The van der Waals surface area contributed by atoms with E-state index in [-0.39, 0.29) is 35.4 Å². The maximum atomic E-state index is 10.6. The number of hydrogen-bond donors (Lipinski definition) is 2. The van der Waals surface area contributed by atoms with Crippen molar-refractivity contribution < 1.29 is 49.4 Å². The third kappa shape index (κ3) is 3.12. The first-order valence-corrected chi connectivity index (χ1v) is 7.53. The van der Waals surface area contributed by atoms with Crippen molar-refractivity contribution in [2.75, 3.05) is 6.61 Å². The topological polar surface area (TPSA) is 110 Å². The molecular weight excluding hydrogens is 345 g/mol. The molecule has 0 bridgehead atoms. The molecule has 0 radical (unpaired) electrons. The monoisotopic (exact) mass is 357 g/mol. The summed E-state index contributed by atoms with van der Waals surface area (Å²) in [6, 6.07) is 14.7. The second-order valence-corrected chi connectivity index (χ2v) is 5.46. The average molecular weight is 357 g/mol. The van der Waals surface area contributed by atoms with Crippen LogP contribution >= 0.6 is 0 Å². The van der Waals surface area contributed by atoms with Crippen molar-refractivity contribution in [3.8, 4) is 5.88 Å². The van der Waals surface area contributed by atoms with E-state index < -0.39 is 12.6 Å². The van der Waals surface area contributed by atoms with Crippen LogP contribution in [0.1, 0.15) is 11.1 Å². The Balaban J connectivity index is 0.00000196. The number of fused-ring (bicyclic) bond motifs is 2. The molecule has 2 aromatic carbocycles. The summed E-state index contributed by atoms with van der Waals surface area (Å²) in [5.74, 6) is -1.41. The number of aromatic hydroxyl groups is 1. The molecule has 1 aromatic heterocycles. The molecule has 1 aliphatic heterocycles. The fourth-order valence-corrected chi connectivity index (χ4v) is 2.86. The van der Waals surface area contributed by atoms with Gasteiger partial charge in [0.25, 0.3) is 0 Å². The van der Waals surface area contributed by atoms with E-state index in [1.807, 2.05) is 42.5 Å². The second kappa shape index (κ2) is 7.33. The molecule has 0 atom stereocenters. The maximum absolute atomic E-state index is 10.6. The van der Waals surface area contributed by atoms with Crippen LogP contribution in [0, 0.1) is 0 Å². The molecule has 26 heavy (non-hydrogen) atoms. The first-order chi connectivity index (χ1) is 12.1. The van der Waals surface area contributed by atoms with Crippen LogP contribution in [0.3, 0.4) is 0 Å². The quantitative estimate of drug-likeness (QED) is 0.437. The van der Waals surface area contributed by atoms with Crippen molar-refractivity contribution in [2.24, 2.45) is 10.1 Å². The van der Waals surface area contributed by atoms with Gasteiger partial charge in [0.05, 0.1) is 17.2 Å². The van der Waals surface area contributed by atoms with Crippen molar-refractivity contribution in [1.29, 1.82) is 0 Å². The number of aromatic amines is 1. The van der Waals surface area contributed by atoms with Crippen LogP contribution in [-0.2, 0) is 9.63 Å². The van der Waals surface area contributed by atoms with Crippen molar-refractivity contribution >= 4 is 34.0 Å². The largest absolute Gasteiger partial charge is 1.00 e. The summed E-state index contributed by atoms with van der Waals surface area (Å²) in [5.41, 5.74) is 3.37. The van der Waals surface area contributed by atoms with Gasteiger partial charge in [-0.1, -0.05) is 41.6 Å². The number of H-pyrrole nitrogens is 1. The summed E-state index contributed by atoms with van der Waals surface area (Å²) in [7, 11) is 0. The fraction of sp³-hybridized carbons (Fsp3) is 0.0556. The third-order valence-corrected chi connectivity index (χ3v) is 3.88. The first kappa shape index (κ1) is 18.2.